The molecule has 1 saturated heterocycles. The minimum absolute atomic E-state index is 0. The number of nitrogens with one attached hydrogen (secondary N) is 2. The Hall–Kier alpha value is -0.900. The Balaban J connectivity index is 0.00000338. The number of aliphatic imine (C=N–C) groups is 1. The monoisotopic (exact) mass is 478 g/mol. The Kier molecular flexibility index (Phi) is 11.1. The maximum absolute atomic E-state index is 5.28. The van der Waals surface area contributed by atoms with Crippen LogP contribution < -0.4 is 10.6 Å². The lowest BCUT2D eigenvalue weighted by molar-refractivity contribution is 0.206. The summed E-state index contributed by atoms with van der Waals surface area (Å²) in [4.78, 5) is 11.6. The summed E-state index contributed by atoms with van der Waals surface area (Å²) in [5.74, 6) is 2.61. The summed E-state index contributed by atoms with van der Waals surface area (Å²) in [6.45, 7) is 13.5. The topological polar surface area (TPSA) is 78.6 Å². The average molecular weight is 478 g/mol. The molecule has 8 heteroatoms. The molecule has 2 heterocycles. The van der Waals surface area contributed by atoms with Crippen LogP contribution in [0, 0.1) is 0 Å². The van der Waals surface area contributed by atoms with Crippen LogP contribution in [0.3, 0.4) is 0 Å². The van der Waals surface area contributed by atoms with Crippen molar-refractivity contribution in [3.63, 3.8) is 0 Å². The number of likely N-dealkylation sites (tertiary alicyclic amines) is 1. The SMILES string of the molecule is CCCN1CCC(NC(=NCCc2nc(C(C)C)no2)NCC)CC1.I. The minimum Gasteiger partial charge on any atom is -0.357 e. The van der Waals surface area contributed by atoms with Gasteiger partial charge in [0.05, 0.1) is 6.54 Å². The highest BCUT2D eigenvalue weighted by molar-refractivity contribution is 14.0. The lowest BCUT2D eigenvalue weighted by Gasteiger charge is -2.32. The molecule has 7 nitrogen and oxygen atoms in total. The first-order valence-electron chi connectivity index (χ1n) is 9.72. The number of hydrogen-bond donors (Lipinski definition) is 2. The quantitative estimate of drug-likeness (QED) is 0.340. The minimum atomic E-state index is 0. The number of piperidine rings is 1. The van der Waals surface area contributed by atoms with Crippen molar-refractivity contribution in [2.75, 3.05) is 32.7 Å². The van der Waals surface area contributed by atoms with Crippen LogP contribution in [0.2, 0.25) is 0 Å². The van der Waals surface area contributed by atoms with Crippen LogP contribution in [0.1, 0.15) is 64.6 Å². The zero-order chi connectivity index (χ0) is 18.1. The van der Waals surface area contributed by atoms with Crippen molar-refractivity contribution >= 4 is 29.9 Å². The van der Waals surface area contributed by atoms with Crippen LogP contribution in [0.5, 0.6) is 0 Å². The molecule has 26 heavy (non-hydrogen) atoms. The van der Waals surface area contributed by atoms with Crippen molar-refractivity contribution in [1.29, 1.82) is 0 Å². The Bertz CT molecular complexity index is 526. The third-order valence-corrected chi connectivity index (χ3v) is 4.41. The van der Waals surface area contributed by atoms with Crippen molar-refractivity contribution in [3.8, 4) is 0 Å². The summed E-state index contributed by atoms with van der Waals surface area (Å²) >= 11 is 0. The summed E-state index contributed by atoms with van der Waals surface area (Å²) in [6.07, 6.45) is 4.25. The van der Waals surface area contributed by atoms with Gasteiger partial charge in [-0.1, -0.05) is 25.9 Å². The van der Waals surface area contributed by atoms with Crippen LogP contribution in [0.15, 0.2) is 9.52 Å². The third-order valence-electron chi connectivity index (χ3n) is 4.41. The molecule has 0 bridgehead atoms. The molecule has 150 valence electrons. The molecule has 2 N–H and O–H groups in total. The van der Waals surface area contributed by atoms with Gasteiger partial charge in [-0.3, -0.25) is 4.99 Å². The Morgan fingerprint density at radius 2 is 2.04 bits per heavy atom. The Morgan fingerprint density at radius 1 is 1.31 bits per heavy atom. The largest absolute Gasteiger partial charge is 0.357 e. The lowest BCUT2D eigenvalue weighted by Crippen LogP contribution is -2.48. The van der Waals surface area contributed by atoms with E-state index in [0.29, 0.717) is 30.8 Å². The van der Waals surface area contributed by atoms with E-state index >= 15 is 0 Å². The zero-order valence-electron chi connectivity index (χ0n) is 16.6. The lowest BCUT2D eigenvalue weighted by atomic mass is 10.1. The highest BCUT2D eigenvalue weighted by Gasteiger charge is 2.19. The van der Waals surface area contributed by atoms with E-state index < -0.39 is 0 Å². The van der Waals surface area contributed by atoms with Crippen molar-refractivity contribution in [3.05, 3.63) is 11.7 Å². The molecule has 0 amide bonds. The maximum atomic E-state index is 5.28. The number of guanidine groups is 1. The van der Waals surface area contributed by atoms with Gasteiger partial charge in [-0.15, -0.1) is 24.0 Å². The number of rotatable bonds is 8. The highest BCUT2D eigenvalue weighted by atomic mass is 127. The van der Waals surface area contributed by atoms with Gasteiger partial charge < -0.3 is 20.1 Å². The van der Waals surface area contributed by atoms with Gasteiger partial charge in [0.1, 0.15) is 0 Å². The second-order valence-electron chi connectivity index (χ2n) is 6.97. The molecular weight excluding hydrogens is 443 g/mol. The smallest absolute Gasteiger partial charge is 0.228 e. The molecule has 0 saturated carbocycles. The molecule has 1 aromatic rings. The number of halogens is 1. The van der Waals surface area contributed by atoms with Gasteiger partial charge in [-0.2, -0.15) is 4.98 Å². The predicted molar refractivity (Wildman–Crippen MR) is 116 cm³/mol. The van der Waals surface area contributed by atoms with Crippen LogP contribution in [-0.2, 0) is 6.42 Å². The van der Waals surface area contributed by atoms with Gasteiger partial charge in [0, 0.05) is 38.0 Å². The summed E-state index contributed by atoms with van der Waals surface area (Å²) in [5, 5.41) is 10.9. The second kappa shape index (κ2) is 12.5. The highest BCUT2D eigenvalue weighted by Crippen LogP contribution is 2.11. The fraction of sp³-hybridized carbons (Fsp3) is 0.833. The molecule has 0 unspecified atom stereocenters. The molecule has 0 aromatic carbocycles. The van der Waals surface area contributed by atoms with E-state index in [4.69, 9.17) is 4.52 Å². The molecule has 0 radical (unpaired) electrons. The summed E-state index contributed by atoms with van der Waals surface area (Å²) in [7, 11) is 0. The van der Waals surface area contributed by atoms with Gasteiger partial charge in [0.2, 0.25) is 5.89 Å². The van der Waals surface area contributed by atoms with Gasteiger partial charge in [-0.05, 0) is 32.7 Å². The molecule has 1 aliphatic heterocycles. The van der Waals surface area contributed by atoms with Gasteiger partial charge >= 0.3 is 0 Å². The first-order valence-corrected chi connectivity index (χ1v) is 9.72. The van der Waals surface area contributed by atoms with E-state index in [9.17, 15) is 0 Å². The van der Waals surface area contributed by atoms with Gasteiger partial charge in [0.25, 0.3) is 0 Å². The first kappa shape index (κ1) is 23.1. The molecule has 2 rings (SSSR count). The van der Waals surface area contributed by atoms with E-state index in [-0.39, 0.29) is 24.0 Å². The van der Waals surface area contributed by atoms with Gasteiger partial charge in [-0.25, -0.2) is 0 Å². The fourth-order valence-corrected chi connectivity index (χ4v) is 3.00. The van der Waals surface area contributed by atoms with E-state index in [2.05, 4.69) is 58.4 Å². The molecule has 1 aromatic heterocycles. The van der Waals surface area contributed by atoms with E-state index in [1.165, 1.54) is 38.9 Å². The number of nitrogens with zero attached hydrogens (tertiary/aromatic N) is 4. The number of aromatic nitrogens is 2. The van der Waals surface area contributed by atoms with E-state index in [1.54, 1.807) is 0 Å². The standard InChI is InChI=1S/C18H34N6O.HI/c1-5-11-24-12-8-15(9-13-24)21-18(19-6-2)20-10-7-16-22-17(14(3)4)23-25-16;/h14-15H,5-13H2,1-4H3,(H2,19,20,21);1H. The third kappa shape index (κ3) is 7.77. The Morgan fingerprint density at radius 3 is 2.62 bits per heavy atom. The maximum Gasteiger partial charge on any atom is 0.228 e. The zero-order valence-corrected chi connectivity index (χ0v) is 19.0. The first-order chi connectivity index (χ1) is 12.1. The summed E-state index contributed by atoms with van der Waals surface area (Å²) < 4.78 is 5.28. The van der Waals surface area contributed by atoms with E-state index in [1.807, 2.05) is 0 Å². The molecule has 0 atom stereocenters. The Labute approximate surface area is 174 Å². The predicted octanol–water partition coefficient (Wildman–Crippen LogP) is 2.78. The van der Waals surface area contributed by atoms with Crippen LogP contribution in [0.25, 0.3) is 0 Å². The molecule has 0 aliphatic carbocycles. The van der Waals surface area contributed by atoms with Crippen LogP contribution in [-0.4, -0.2) is 59.8 Å². The van der Waals surface area contributed by atoms with Crippen molar-refractivity contribution < 1.29 is 4.52 Å². The summed E-state index contributed by atoms with van der Waals surface area (Å²) in [6, 6.07) is 0.502. The average Bonchev–Trinajstić information content (AvgIpc) is 3.06. The van der Waals surface area contributed by atoms with Crippen molar-refractivity contribution in [2.24, 2.45) is 4.99 Å². The molecule has 0 spiro atoms. The summed E-state index contributed by atoms with van der Waals surface area (Å²) in [5.41, 5.74) is 0. The molecule has 1 fully saturated rings. The van der Waals surface area contributed by atoms with E-state index in [0.717, 1.165) is 18.3 Å². The number of hydrogen-bond acceptors (Lipinski definition) is 5. The molecule has 1 aliphatic rings. The molecular formula is C18H35IN6O. The van der Waals surface area contributed by atoms with Crippen LogP contribution >= 0.6 is 24.0 Å². The fourth-order valence-electron chi connectivity index (χ4n) is 3.00. The second-order valence-corrected chi connectivity index (χ2v) is 6.97. The van der Waals surface area contributed by atoms with Gasteiger partial charge in [0.15, 0.2) is 11.8 Å². The van der Waals surface area contributed by atoms with Crippen molar-refractivity contribution in [1.82, 2.24) is 25.7 Å². The normalized spacial score (nSPS) is 16.6. The van der Waals surface area contributed by atoms with Crippen LogP contribution in [0.4, 0.5) is 0 Å². The van der Waals surface area contributed by atoms with Crippen molar-refractivity contribution in [2.45, 2.75) is 65.3 Å².